The molecule has 1 heterocycles. The minimum absolute atomic E-state index is 0.0476. The van der Waals surface area contributed by atoms with Crippen molar-refractivity contribution >= 4 is 50.5 Å². The van der Waals surface area contributed by atoms with Gasteiger partial charge in [-0.25, -0.2) is 0 Å². The number of rotatable bonds is 4. The zero-order valence-corrected chi connectivity index (χ0v) is 15.5. The fourth-order valence-electron chi connectivity index (χ4n) is 2.80. The third kappa shape index (κ3) is 3.93. The first-order chi connectivity index (χ1) is 12.0. The van der Waals surface area contributed by atoms with E-state index in [9.17, 15) is 14.9 Å². The van der Waals surface area contributed by atoms with Crippen LogP contribution in [0.25, 0.3) is 0 Å². The van der Waals surface area contributed by atoms with Crippen LogP contribution >= 0.6 is 27.5 Å². The summed E-state index contributed by atoms with van der Waals surface area (Å²) >= 11 is 9.48. The Labute approximate surface area is 158 Å². The zero-order valence-electron chi connectivity index (χ0n) is 13.2. The van der Waals surface area contributed by atoms with Crippen molar-refractivity contribution in [2.75, 3.05) is 23.3 Å². The number of nitro benzene ring substituents is 1. The third-order valence-corrected chi connectivity index (χ3v) is 4.90. The second-order valence-corrected chi connectivity index (χ2v) is 7.06. The van der Waals surface area contributed by atoms with Gasteiger partial charge in [-0.05, 0) is 43.2 Å². The summed E-state index contributed by atoms with van der Waals surface area (Å²) in [5.74, 6) is -0.323. The fourth-order valence-corrected chi connectivity index (χ4v) is 3.27. The lowest BCUT2D eigenvalue weighted by Crippen LogP contribution is -2.20. The summed E-state index contributed by atoms with van der Waals surface area (Å²) in [6.07, 6.45) is 1.97. The Morgan fingerprint density at radius 2 is 1.84 bits per heavy atom. The highest BCUT2D eigenvalue weighted by atomic mass is 79.9. The minimum Gasteiger partial charge on any atom is -0.366 e. The van der Waals surface area contributed by atoms with E-state index >= 15 is 0 Å². The molecule has 0 bridgehead atoms. The van der Waals surface area contributed by atoms with Crippen LogP contribution in [-0.4, -0.2) is 23.9 Å². The van der Waals surface area contributed by atoms with Gasteiger partial charge in [-0.2, -0.15) is 0 Å². The van der Waals surface area contributed by atoms with Gasteiger partial charge < -0.3 is 10.2 Å². The van der Waals surface area contributed by atoms with Crippen molar-refractivity contribution in [2.24, 2.45) is 0 Å². The molecule has 1 amide bonds. The molecular formula is C17H15BrClN3O3. The molecule has 2 aromatic carbocycles. The molecule has 1 saturated heterocycles. The summed E-state index contributed by atoms with van der Waals surface area (Å²) in [6, 6.07) is 9.78. The van der Waals surface area contributed by atoms with E-state index in [0.717, 1.165) is 30.4 Å². The number of hydrogen-bond donors (Lipinski definition) is 1. The average Bonchev–Trinajstić information content (AvgIpc) is 3.11. The standard InChI is InChI=1S/C17H15BrClN3O3/c18-12-5-3-11(4-6-12)17(23)20-14-10-15(21-7-1-2-8-21)16(22(24)25)9-13(14)19/h3-6,9-10H,1-2,7-8H2,(H,20,23). The molecule has 0 aromatic heterocycles. The number of nitrogens with zero attached hydrogens (tertiary/aromatic N) is 2. The molecule has 6 nitrogen and oxygen atoms in total. The maximum atomic E-state index is 12.4. The second-order valence-electron chi connectivity index (χ2n) is 5.73. The van der Waals surface area contributed by atoms with E-state index in [1.165, 1.54) is 6.07 Å². The lowest BCUT2D eigenvalue weighted by atomic mass is 10.2. The highest BCUT2D eigenvalue weighted by Gasteiger charge is 2.25. The predicted molar refractivity (Wildman–Crippen MR) is 102 cm³/mol. The van der Waals surface area contributed by atoms with Crippen molar-refractivity contribution in [2.45, 2.75) is 12.8 Å². The first kappa shape index (κ1) is 17.7. The summed E-state index contributed by atoms with van der Waals surface area (Å²) in [4.78, 5) is 25.2. The number of carbonyl (C=O) groups excluding carboxylic acids is 1. The van der Waals surface area contributed by atoms with Crippen molar-refractivity contribution < 1.29 is 9.72 Å². The summed E-state index contributed by atoms with van der Waals surface area (Å²) in [7, 11) is 0. The van der Waals surface area contributed by atoms with Gasteiger partial charge >= 0.3 is 0 Å². The number of nitro groups is 1. The molecule has 0 aliphatic carbocycles. The van der Waals surface area contributed by atoms with Crippen LogP contribution in [0.2, 0.25) is 5.02 Å². The van der Waals surface area contributed by atoms with Gasteiger partial charge in [-0.3, -0.25) is 14.9 Å². The largest absolute Gasteiger partial charge is 0.366 e. The Hall–Kier alpha value is -2.12. The molecule has 1 fully saturated rings. The third-order valence-electron chi connectivity index (χ3n) is 4.06. The normalized spacial score (nSPS) is 13.8. The Bertz CT molecular complexity index is 821. The highest BCUT2D eigenvalue weighted by Crippen LogP contribution is 2.38. The van der Waals surface area contributed by atoms with Crippen molar-refractivity contribution in [3.05, 3.63) is 61.6 Å². The Morgan fingerprint density at radius 1 is 1.20 bits per heavy atom. The van der Waals surface area contributed by atoms with E-state index in [4.69, 9.17) is 11.6 Å². The van der Waals surface area contributed by atoms with Crippen LogP contribution in [0.1, 0.15) is 23.2 Å². The second kappa shape index (κ2) is 7.41. The summed E-state index contributed by atoms with van der Waals surface area (Å²) in [5.41, 5.74) is 1.27. The van der Waals surface area contributed by atoms with Crippen molar-refractivity contribution in [1.82, 2.24) is 0 Å². The predicted octanol–water partition coefficient (Wildman–Crippen LogP) is 4.86. The average molecular weight is 425 g/mol. The van der Waals surface area contributed by atoms with Gasteiger partial charge in [0.15, 0.2) is 0 Å². The molecule has 1 aliphatic heterocycles. The zero-order chi connectivity index (χ0) is 18.0. The molecule has 0 atom stereocenters. The summed E-state index contributed by atoms with van der Waals surface area (Å²) in [6.45, 7) is 1.51. The van der Waals surface area contributed by atoms with Gasteiger partial charge in [-0.15, -0.1) is 0 Å². The van der Waals surface area contributed by atoms with Gasteiger partial charge in [0.05, 0.1) is 15.6 Å². The highest BCUT2D eigenvalue weighted by molar-refractivity contribution is 9.10. The minimum atomic E-state index is -0.445. The van der Waals surface area contributed by atoms with Crippen LogP contribution in [-0.2, 0) is 0 Å². The van der Waals surface area contributed by atoms with Crippen molar-refractivity contribution in [1.29, 1.82) is 0 Å². The van der Waals surface area contributed by atoms with Gasteiger partial charge in [-0.1, -0.05) is 27.5 Å². The van der Waals surface area contributed by atoms with E-state index in [1.807, 2.05) is 4.90 Å². The van der Waals surface area contributed by atoms with E-state index in [2.05, 4.69) is 21.2 Å². The lowest BCUT2D eigenvalue weighted by molar-refractivity contribution is -0.384. The summed E-state index contributed by atoms with van der Waals surface area (Å²) in [5, 5.41) is 14.2. The van der Waals surface area contributed by atoms with Gasteiger partial charge in [0.2, 0.25) is 0 Å². The number of nitrogens with one attached hydrogen (secondary N) is 1. The Morgan fingerprint density at radius 3 is 2.44 bits per heavy atom. The van der Waals surface area contributed by atoms with E-state index in [-0.39, 0.29) is 16.6 Å². The maximum absolute atomic E-state index is 12.4. The van der Waals surface area contributed by atoms with Crippen LogP contribution in [0.3, 0.4) is 0 Å². The van der Waals surface area contributed by atoms with Crippen molar-refractivity contribution in [3.63, 3.8) is 0 Å². The molecule has 1 aliphatic rings. The van der Waals surface area contributed by atoms with Crippen LogP contribution in [0.15, 0.2) is 40.9 Å². The number of carbonyl (C=O) groups is 1. The molecule has 2 aromatic rings. The molecule has 0 spiro atoms. The molecule has 0 saturated carbocycles. The van der Waals surface area contributed by atoms with E-state index in [0.29, 0.717) is 16.9 Å². The molecule has 0 unspecified atom stereocenters. The van der Waals surface area contributed by atoms with Crippen LogP contribution in [0.5, 0.6) is 0 Å². The number of amides is 1. The number of hydrogen-bond acceptors (Lipinski definition) is 4. The Balaban J connectivity index is 1.92. The molecule has 0 radical (unpaired) electrons. The SMILES string of the molecule is O=C(Nc1cc(N2CCCC2)c([N+](=O)[O-])cc1Cl)c1ccc(Br)cc1. The Kier molecular flexibility index (Phi) is 5.24. The van der Waals surface area contributed by atoms with Gasteiger partial charge in [0.1, 0.15) is 5.69 Å². The number of benzene rings is 2. The molecular weight excluding hydrogens is 410 g/mol. The fraction of sp³-hybridized carbons (Fsp3) is 0.235. The molecule has 8 heteroatoms. The summed E-state index contributed by atoms with van der Waals surface area (Å²) < 4.78 is 0.869. The number of anilines is 2. The molecule has 1 N–H and O–H groups in total. The monoisotopic (exact) mass is 423 g/mol. The first-order valence-electron chi connectivity index (χ1n) is 7.75. The van der Waals surface area contributed by atoms with E-state index < -0.39 is 4.92 Å². The topological polar surface area (TPSA) is 75.5 Å². The van der Waals surface area contributed by atoms with Crippen molar-refractivity contribution in [3.8, 4) is 0 Å². The van der Waals surface area contributed by atoms with E-state index in [1.54, 1.807) is 30.3 Å². The van der Waals surface area contributed by atoms with Crippen LogP contribution in [0, 0.1) is 10.1 Å². The lowest BCUT2D eigenvalue weighted by Gasteiger charge is -2.19. The smallest absolute Gasteiger partial charge is 0.294 e. The molecule has 25 heavy (non-hydrogen) atoms. The number of halogens is 2. The maximum Gasteiger partial charge on any atom is 0.294 e. The first-order valence-corrected chi connectivity index (χ1v) is 8.92. The van der Waals surface area contributed by atoms with Crippen LogP contribution < -0.4 is 10.2 Å². The van der Waals surface area contributed by atoms with Gasteiger partial charge in [0, 0.05) is 29.2 Å². The molecule has 130 valence electrons. The molecule has 3 rings (SSSR count). The van der Waals surface area contributed by atoms with Crippen LogP contribution in [0.4, 0.5) is 17.1 Å². The van der Waals surface area contributed by atoms with Gasteiger partial charge in [0.25, 0.3) is 11.6 Å². The quantitative estimate of drug-likeness (QED) is 0.561.